The highest BCUT2D eigenvalue weighted by Crippen LogP contribution is 2.18. The maximum atomic E-state index is 13.6. The highest BCUT2D eigenvalue weighted by Gasteiger charge is 2.13. The van der Waals surface area contributed by atoms with Gasteiger partial charge in [0.1, 0.15) is 5.82 Å². The Balaban J connectivity index is 2.16. The Hall–Kier alpha value is -1.69. The molecule has 0 radical (unpaired) electrons. The number of nitrogens with two attached hydrogens (primary N) is 1. The number of nitrogens with zero attached hydrogens (tertiary/aromatic N) is 2. The number of rotatable bonds is 4. The Morgan fingerprint density at radius 1 is 1.42 bits per heavy atom. The zero-order valence-electron chi connectivity index (χ0n) is 10.8. The standard InChI is InChI=1S/C13H16FN3OS/c1-9(2)17-6-5-11(16-17)8-19(18)13-4-3-10(15)7-12(13)14/h3-7,9H,8,15H2,1-2H3. The van der Waals surface area contributed by atoms with E-state index in [9.17, 15) is 8.60 Å². The van der Waals surface area contributed by atoms with Crippen LogP contribution in [0.3, 0.4) is 0 Å². The van der Waals surface area contributed by atoms with Crippen molar-refractivity contribution in [2.24, 2.45) is 0 Å². The van der Waals surface area contributed by atoms with Crippen LogP contribution in [0.5, 0.6) is 0 Å². The lowest BCUT2D eigenvalue weighted by Crippen LogP contribution is -2.04. The fourth-order valence-electron chi connectivity index (χ4n) is 1.66. The average Bonchev–Trinajstić information content (AvgIpc) is 2.77. The minimum atomic E-state index is -1.46. The van der Waals surface area contributed by atoms with E-state index in [4.69, 9.17) is 5.73 Å². The quantitative estimate of drug-likeness (QED) is 0.876. The van der Waals surface area contributed by atoms with Gasteiger partial charge in [-0.25, -0.2) is 4.39 Å². The molecule has 1 aromatic carbocycles. The second-order valence-corrected chi connectivity index (χ2v) is 5.98. The largest absolute Gasteiger partial charge is 0.399 e. The van der Waals surface area contributed by atoms with E-state index in [1.54, 1.807) is 16.8 Å². The summed E-state index contributed by atoms with van der Waals surface area (Å²) < 4.78 is 27.5. The molecule has 2 N–H and O–H groups in total. The van der Waals surface area contributed by atoms with Gasteiger partial charge in [-0.15, -0.1) is 0 Å². The van der Waals surface area contributed by atoms with E-state index < -0.39 is 16.6 Å². The van der Waals surface area contributed by atoms with E-state index in [2.05, 4.69) is 5.10 Å². The van der Waals surface area contributed by atoms with Gasteiger partial charge in [0.2, 0.25) is 0 Å². The molecule has 0 saturated carbocycles. The van der Waals surface area contributed by atoms with Crippen LogP contribution in [0.25, 0.3) is 0 Å². The Morgan fingerprint density at radius 3 is 2.74 bits per heavy atom. The first-order chi connectivity index (χ1) is 8.97. The third-order valence-corrected chi connectivity index (χ3v) is 4.05. The monoisotopic (exact) mass is 281 g/mol. The van der Waals surface area contributed by atoms with Crippen LogP contribution in [0.2, 0.25) is 0 Å². The molecule has 1 atom stereocenters. The van der Waals surface area contributed by atoms with Crippen molar-refractivity contribution in [2.75, 3.05) is 5.73 Å². The SMILES string of the molecule is CC(C)n1ccc(CS(=O)c2ccc(N)cc2F)n1. The maximum Gasteiger partial charge on any atom is 0.141 e. The van der Waals surface area contributed by atoms with Crippen molar-refractivity contribution in [1.29, 1.82) is 0 Å². The fourth-order valence-corrected chi connectivity index (χ4v) is 2.73. The van der Waals surface area contributed by atoms with Gasteiger partial charge < -0.3 is 5.73 Å². The zero-order valence-corrected chi connectivity index (χ0v) is 11.7. The molecule has 102 valence electrons. The summed E-state index contributed by atoms with van der Waals surface area (Å²) in [6.45, 7) is 4.01. The van der Waals surface area contributed by atoms with Gasteiger partial charge in [-0.2, -0.15) is 5.10 Å². The predicted molar refractivity (Wildman–Crippen MR) is 73.5 cm³/mol. The van der Waals surface area contributed by atoms with E-state index in [1.807, 2.05) is 20.0 Å². The van der Waals surface area contributed by atoms with E-state index in [0.717, 1.165) is 0 Å². The second-order valence-electron chi connectivity index (χ2n) is 4.56. The van der Waals surface area contributed by atoms with E-state index in [-0.39, 0.29) is 16.7 Å². The number of hydrogen-bond acceptors (Lipinski definition) is 3. The molecular weight excluding hydrogens is 265 g/mol. The van der Waals surface area contributed by atoms with Crippen LogP contribution in [0.15, 0.2) is 35.4 Å². The van der Waals surface area contributed by atoms with Crippen LogP contribution in [-0.4, -0.2) is 14.0 Å². The average molecular weight is 281 g/mol. The zero-order chi connectivity index (χ0) is 14.0. The van der Waals surface area contributed by atoms with Crippen LogP contribution in [0.4, 0.5) is 10.1 Å². The van der Waals surface area contributed by atoms with Crippen molar-refractivity contribution in [3.63, 3.8) is 0 Å². The van der Waals surface area contributed by atoms with E-state index >= 15 is 0 Å². The molecule has 0 spiro atoms. The van der Waals surface area contributed by atoms with Crippen LogP contribution < -0.4 is 5.73 Å². The molecule has 4 nitrogen and oxygen atoms in total. The summed E-state index contributed by atoms with van der Waals surface area (Å²) in [6.07, 6.45) is 1.83. The first-order valence-electron chi connectivity index (χ1n) is 5.95. The number of aromatic nitrogens is 2. The molecule has 0 saturated heterocycles. The Kier molecular flexibility index (Phi) is 3.99. The molecule has 0 bridgehead atoms. The van der Waals surface area contributed by atoms with Gasteiger partial charge in [0.15, 0.2) is 0 Å². The van der Waals surface area contributed by atoms with Gasteiger partial charge in [0, 0.05) is 17.9 Å². The smallest absolute Gasteiger partial charge is 0.141 e. The van der Waals surface area contributed by atoms with Crippen molar-refractivity contribution in [3.8, 4) is 0 Å². The molecule has 2 aromatic rings. The predicted octanol–water partition coefficient (Wildman–Crippen LogP) is 2.49. The van der Waals surface area contributed by atoms with E-state index in [0.29, 0.717) is 11.4 Å². The van der Waals surface area contributed by atoms with Gasteiger partial charge in [0.25, 0.3) is 0 Å². The third kappa shape index (κ3) is 3.20. The molecule has 1 aromatic heterocycles. The number of hydrogen-bond donors (Lipinski definition) is 1. The van der Waals surface area contributed by atoms with Crippen molar-refractivity contribution in [1.82, 2.24) is 9.78 Å². The first kappa shape index (κ1) is 13.7. The van der Waals surface area contributed by atoms with Crippen molar-refractivity contribution in [2.45, 2.75) is 30.5 Å². The second kappa shape index (κ2) is 5.52. The lowest BCUT2D eigenvalue weighted by molar-refractivity contribution is 0.528. The Morgan fingerprint density at radius 2 is 2.16 bits per heavy atom. The Labute approximate surface area is 113 Å². The minimum absolute atomic E-state index is 0.160. The van der Waals surface area contributed by atoms with Crippen LogP contribution in [0.1, 0.15) is 25.6 Å². The summed E-state index contributed by atoms with van der Waals surface area (Å²) in [7, 11) is -1.46. The lowest BCUT2D eigenvalue weighted by atomic mass is 10.3. The molecule has 19 heavy (non-hydrogen) atoms. The molecule has 1 heterocycles. The molecule has 0 aliphatic heterocycles. The Bertz CT molecular complexity index is 610. The molecule has 0 amide bonds. The maximum absolute atomic E-state index is 13.6. The highest BCUT2D eigenvalue weighted by molar-refractivity contribution is 7.84. The fraction of sp³-hybridized carbons (Fsp3) is 0.308. The number of halogens is 1. The number of nitrogen functional groups attached to an aromatic ring is 1. The molecule has 1 unspecified atom stereocenters. The summed E-state index contributed by atoms with van der Waals surface area (Å²) in [5.41, 5.74) is 6.47. The number of benzene rings is 1. The molecular formula is C13H16FN3OS. The van der Waals surface area contributed by atoms with Gasteiger partial charge in [-0.05, 0) is 38.1 Å². The van der Waals surface area contributed by atoms with Crippen molar-refractivity contribution >= 4 is 16.5 Å². The molecule has 0 aliphatic carbocycles. The van der Waals surface area contributed by atoms with Crippen molar-refractivity contribution < 1.29 is 8.60 Å². The molecule has 6 heteroatoms. The topological polar surface area (TPSA) is 60.9 Å². The highest BCUT2D eigenvalue weighted by atomic mass is 32.2. The van der Waals surface area contributed by atoms with Gasteiger partial charge in [-0.3, -0.25) is 8.89 Å². The molecule has 0 aliphatic rings. The third-order valence-electron chi connectivity index (χ3n) is 2.67. The normalized spacial score (nSPS) is 12.8. The number of anilines is 1. The molecule has 2 rings (SSSR count). The lowest BCUT2D eigenvalue weighted by Gasteiger charge is -2.05. The van der Waals surface area contributed by atoms with Crippen LogP contribution in [-0.2, 0) is 16.6 Å². The minimum Gasteiger partial charge on any atom is -0.399 e. The summed E-state index contributed by atoms with van der Waals surface area (Å²) >= 11 is 0. The van der Waals surface area contributed by atoms with Gasteiger partial charge in [-0.1, -0.05) is 0 Å². The van der Waals surface area contributed by atoms with Gasteiger partial charge >= 0.3 is 0 Å². The van der Waals surface area contributed by atoms with E-state index in [1.165, 1.54) is 12.1 Å². The van der Waals surface area contributed by atoms with Crippen molar-refractivity contribution in [3.05, 3.63) is 42.0 Å². The summed E-state index contributed by atoms with van der Waals surface area (Å²) in [6, 6.07) is 6.23. The first-order valence-corrected chi connectivity index (χ1v) is 7.26. The summed E-state index contributed by atoms with van der Waals surface area (Å²) in [4.78, 5) is 0.160. The summed E-state index contributed by atoms with van der Waals surface area (Å²) in [5, 5.41) is 4.30. The van der Waals surface area contributed by atoms with Gasteiger partial charge in [0.05, 0.1) is 27.1 Å². The summed E-state index contributed by atoms with van der Waals surface area (Å²) in [5.74, 6) is -0.345. The van der Waals surface area contributed by atoms with Crippen LogP contribution in [0, 0.1) is 5.82 Å². The molecule has 0 fully saturated rings. The van der Waals surface area contributed by atoms with Crippen LogP contribution >= 0.6 is 0 Å².